The van der Waals surface area contributed by atoms with Gasteiger partial charge in [-0.3, -0.25) is 9.69 Å². The summed E-state index contributed by atoms with van der Waals surface area (Å²) >= 11 is 7.43. The summed E-state index contributed by atoms with van der Waals surface area (Å²) < 4.78 is 5.18. The second kappa shape index (κ2) is 10.3. The van der Waals surface area contributed by atoms with Crippen molar-refractivity contribution in [3.05, 3.63) is 50.8 Å². The second-order valence-electron chi connectivity index (χ2n) is 7.02. The van der Waals surface area contributed by atoms with Crippen molar-refractivity contribution in [3.63, 3.8) is 0 Å². The van der Waals surface area contributed by atoms with Gasteiger partial charge < -0.3 is 14.8 Å². The highest BCUT2D eigenvalue weighted by Gasteiger charge is 2.16. The third-order valence-electron chi connectivity index (χ3n) is 4.72. The van der Waals surface area contributed by atoms with Crippen molar-refractivity contribution in [2.45, 2.75) is 32.4 Å². The van der Waals surface area contributed by atoms with E-state index in [0.717, 1.165) is 24.0 Å². The van der Waals surface area contributed by atoms with Crippen molar-refractivity contribution in [2.24, 2.45) is 0 Å². The van der Waals surface area contributed by atoms with Gasteiger partial charge in [-0.25, -0.2) is 4.98 Å². The van der Waals surface area contributed by atoms with E-state index < -0.39 is 6.10 Å². The van der Waals surface area contributed by atoms with E-state index in [0.29, 0.717) is 47.3 Å². The van der Waals surface area contributed by atoms with Crippen LogP contribution in [0, 0.1) is 0 Å². The van der Waals surface area contributed by atoms with Crippen LogP contribution < -0.4 is 5.56 Å². The van der Waals surface area contributed by atoms with Gasteiger partial charge in [-0.2, -0.15) is 0 Å². The molecule has 2 heterocycles. The first kappa shape index (κ1) is 21.9. The number of ether oxygens (including phenoxy) is 1. The Bertz CT molecular complexity index is 987. The molecule has 0 aliphatic rings. The molecule has 156 valence electrons. The number of rotatable bonds is 10. The number of methoxy groups -OCH3 is 1. The fourth-order valence-electron chi connectivity index (χ4n) is 3.30. The average Bonchev–Trinajstić information content (AvgIpc) is 3.11. The van der Waals surface area contributed by atoms with Gasteiger partial charge in [-0.15, -0.1) is 11.3 Å². The molecule has 0 fully saturated rings. The zero-order valence-electron chi connectivity index (χ0n) is 16.7. The minimum Gasteiger partial charge on any atom is -0.392 e. The molecule has 29 heavy (non-hydrogen) atoms. The van der Waals surface area contributed by atoms with E-state index in [4.69, 9.17) is 16.3 Å². The molecule has 2 aromatic heterocycles. The van der Waals surface area contributed by atoms with E-state index in [1.807, 2.05) is 36.6 Å². The zero-order chi connectivity index (χ0) is 20.8. The Morgan fingerprint density at radius 3 is 2.79 bits per heavy atom. The molecule has 3 rings (SSSR count). The van der Waals surface area contributed by atoms with Crippen LogP contribution in [-0.2, 0) is 11.3 Å². The van der Waals surface area contributed by atoms with Crippen molar-refractivity contribution in [3.8, 4) is 11.1 Å². The van der Waals surface area contributed by atoms with Crippen molar-refractivity contribution in [1.29, 1.82) is 0 Å². The molecule has 1 aromatic carbocycles. The molecule has 6 nitrogen and oxygen atoms in total. The van der Waals surface area contributed by atoms with Crippen LogP contribution in [0.25, 0.3) is 21.3 Å². The molecule has 0 amide bonds. The van der Waals surface area contributed by atoms with E-state index >= 15 is 0 Å². The SMILES string of the molecule is CCCC(O)CN(CCOC)Cc1nc2scc(-c3ccc(Cl)cc3)c2c(=O)[nH]1. The summed E-state index contributed by atoms with van der Waals surface area (Å²) in [5.74, 6) is 0.590. The number of hydrogen-bond donors (Lipinski definition) is 2. The number of H-pyrrole nitrogens is 1. The third kappa shape index (κ3) is 5.65. The number of thiophene rings is 1. The molecule has 1 unspecified atom stereocenters. The van der Waals surface area contributed by atoms with Crippen LogP contribution >= 0.6 is 22.9 Å². The summed E-state index contributed by atoms with van der Waals surface area (Å²) in [6.45, 7) is 4.21. The summed E-state index contributed by atoms with van der Waals surface area (Å²) in [5, 5.41) is 13.4. The second-order valence-corrected chi connectivity index (χ2v) is 8.31. The molecule has 0 saturated heterocycles. The minimum atomic E-state index is -0.412. The number of nitrogens with zero attached hydrogens (tertiary/aromatic N) is 2. The topological polar surface area (TPSA) is 78.5 Å². The number of aliphatic hydroxyl groups is 1. The quantitative estimate of drug-likeness (QED) is 0.504. The number of fused-ring (bicyclic) bond motifs is 1. The number of aliphatic hydroxyl groups excluding tert-OH is 1. The lowest BCUT2D eigenvalue weighted by molar-refractivity contribution is 0.0787. The zero-order valence-corrected chi connectivity index (χ0v) is 18.2. The maximum atomic E-state index is 12.8. The van der Waals surface area contributed by atoms with E-state index in [-0.39, 0.29) is 5.56 Å². The van der Waals surface area contributed by atoms with Gasteiger partial charge in [0.25, 0.3) is 5.56 Å². The lowest BCUT2D eigenvalue weighted by atomic mass is 10.1. The number of nitrogens with one attached hydrogen (secondary N) is 1. The first-order chi connectivity index (χ1) is 14.0. The van der Waals surface area contributed by atoms with Gasteiger partial charge in [0, 0.05) is 36.2 Å². The van der Waals surface area contributed by atoms with E-state index in [9.17, 15) is 9.90 Å². The van der Waals surface area contributed by atoms with Gasteiger partial charge in [0.15, 0.2) is 0 Å². The lowest BCUT2D eigenvalue weighted by Gasteiger charge is -2.24. The molecule has 8 heteroatoms. The monoisotopic (exact) mass is 435 g/mol. The molecule has 0 aliphatic carbocycles. The van der Waals surface area contributed by atoms with Crippen molar-refractivity contribution in [1.82, 2.24) is 14.9 Å². The summed E-state index contributed by atoms with van der Waals surface area (Å²) in [7, 11) is 1.65. The normalized spacial score (nSPS) is 12.7. The van der Waals surface area contributed by atoms with Crippen molar-refractivity contribution < 1.29 is 9.84 Å². The summed E-state index contributed by atoms with van der Waals surface area (Å²) in [6.07, 6.45) is 1.25. The summed E-state index contributed by atoms with van der Waals surface area (Å²) in [4.78, 5) is 23.2. The van der Waals surface area contributed by atoms with Gasteiger partial charge in [-0.05, 0) is 24.1 Å². The Morgan fingerprint density at radius 1 is 1.34 bits per heavy atom. The molecule has 1 atom stereocenters. The highest BCUT2D eigenvalue weighted by atomic mass is 35.5. The number of hydrogen-bond acceptors (Lipinski definition) is 6. The number of aromatic amines is 1. The van der Waals surface area contributed by atoms with Crippen molar-refractivity contribution >= 4 is 33.2 Å². The van der Waals surface area contributed by atoms with Crippen LogP contribution in [0.1, 0.15) is 25.6 Å². The maximum Gasteiger partial charge on any atom is 0.260 e. The van der Waals surface area contributed by atoms with E-state index in [1.165, 1.54) is 11.3 Å². The molecular formula is C21H26ClN3O3S. The molecule has 2 N–H and O–H groups in total. The molecule has 3 aromatic rings. The predicted octanol–water partition coefficient (Wildman–Crippen LogP) is 3.91. The largest absolute Gasteiger partial charge is 0.392 e. The standard InChI is InChI=1S/C21H26ClN3O3S/c1-3-4-16(26)11-25(9-10-28-2)12-18-23-20(27)19-17(13-29-21(19)24-18)14-5-7-15(22)8-6-14/h5-8,13,16,26H,3-4,9-12H2,1-2H3,(H,23,24,27). The lowest BCUT2D eigenvalue weighted by Crippen LogP contribution is -2.35. The molecule has 0 radical (unpaired) electrons. The highest BCUT2D eigenvalue weighted by molar-refractivity contribution is 7.17. The predicted molar refractivity (Wildman–Crippen MR) is 119 cm³/mol. The number of halogens is 1. The van der Waals surface area contributed by atoms with Crippen LogP contribution in [0.3, 0.4) is 0 Å². The van der Waals surface area contributed by atoms with Gasteiger partial charge >= 0.3 is 0 Å². The van der Waals surface area contributed by atoms with Crippen LogP contribution in [0.4, 0.5) is 0 Å². The Morgan fingerprint density at radius 2 is 2.10 bits per heavy atom. The highest BCUT2D eigenvalue weighted by Crippen LogP contribution is 2.31. The Hall–Kier alpha value is -1.77. The molecule has 0 bridgehead atoms. The van der Waals surface area contributed by atoms with Crippen LogP contribution in [0.5, 0.6) is 0 Å². The minimum absolute atomic E-state index is 0.156. The van der Waals surface area contributed by atoms with E-state index in [2.05, 4.69) is 14.9 Å². The first-order valence-corrected chi connectivity index (χ1v) is 10.9. The molecule has 0 aliphatic heterocycles. The third-order valence-corrected chi connectivity index (χ3v) is 5.85. The van der Waals surface area contributed by atoms with Crippen LogP contribution in [0.2, 0.25) is 5.02 Å². The van der Waals surface area contributed by atoms with Gasteiger partial charge in [0.2, 0.25) is 0 Å². The summed E-state index contributed by atoms with van der Waals surface area (Å²) in [5.41, 5.74) is 1.64. The van der Waals surface area contributed by atoms with Gasteiger partial charge in [0.05, 0.1) is 24.6 Å². The molecular weight excluding hydrogens is 410 g/mol. The Balaban J connectivity index is 1.86. The fourth-order valence-corrected chi connectivity index (χ4v) is 4.39. The van der Waals surface area contributed by atoms with Crippen LogP contribution in [0.15, 0.2) is 34.4 Å². The Labute approximate surface area is 179 Å². The van der Waals surface area contributed by atoms with Crippen LogP contribution in [-0.4, -0.2) is 52.9 Å². The first-order valence-electron chi connectivity index (χ1n) is 9.67. The summed E-state index contributed by atoms with van der Waals surface area (Å²) in [6, 6.07) is 7.43. The van der Waals surface area contributed by atoms with Gasteiger partial charge in [0.1, 0.15) is 10.7 Å². The average molecular weight is 436 g/mol. The maximum absolute atomic E-state index is 12.8. The number of benzene rings is 1. The molecule has 0 saturated carbocycles. The number of aromatic nitrogens is 2. The molecule has 0 spiro atoms. The smallest absolute Gasteiger partial charge is 0.260 e. The van der Waals surface area contributed by atoms with E-state index in [1.54, 1.807) is 7.11 Å². The van der Waals surface area contributed by atoms with Crippen molar-refractivity contribution in [2.75, 3.05) is 26.8 Å². The van der Waals surface area contributed by atoms with Gasteiger partial charge in [-0.1, -0.05) is 37.1 Å². The fraction of sp³-hybridized carbons (Fsp3) is 0.429. The Kier molecular flexibility index (Phi) is 7.80.